The zero-order chi connectivity index (χ0) is 13.2. The third kappa shape index (κ3) is 3.23. The minimum Gasteiger partial charge on any atom is -0.339 e. The Labute approximate surface area is 111 Å². The van der Waals surface area contributed by atoms with Gasteiger partial charge in [0.25, 0.3) is 0 Å². The fourth-order valence-corrected chi connectivity index (χ4v) is 3.09. The van der Waals surface area contributed by atoms with Gasteiger partial charge in [0, 0.05) is 30.1 Å². The third-order valence-corrected chi connectivity index (χ3v) is 4.17. The van der Waals surface area contributed by atoms with Crippen LogP contribution in [0.4, 0.5) is 0 Å². The highest BCUT2D eigenvalue weighted by Gasteiger charge is 2.29. The van der Waals surface area contributed by atoms with Crippen LogP contribution in [0, 0.1) is 0 Å². The summed E-state index contributed by atoms with van der Waals surface area (Å²) < 4.78 is 1.69. The fraction of sp³-hybridized carbons (Fsp3) is 0.727. The van der Waals surface area contributed by atoms with Crippen molar-refractivity contribution in [2.45, 2.75) is 31.7 Å². The summed E-state index contributed by atoms with van der Waals surface area (Å²) in [6.45, 7) is 6.52. The molecule has 1 aromatic rings. The van der Waals surface area contributed by atoms with Gasteiger partial charge < -0.3 is 10.6 Å². The van der Waals surface area contributed by atoms with Gasteiger partial charge in [0.05, 0.1) is 11.9 Å². The largest absolute Gasteiger partial charge is 0.339 e. The number of aromatic nitrogens is 3. The van der Waals surface area contributed by atoms with E-state index in [1.54, 1.807) is 10.9 Å². The molecule has 6 nitrogen and oxygen atoms in total. The van der Waals surface area contributed by atoms with Crippen LogP contribution in [0.1, 0.15) is 19.5 Å². The van der Waals surface area contributed by atoms with Crippen LogP contribution in [0.3, 0.4) is 0 Å². The predicted molar refractivity (Wildman–Crippen MR) is 71.0 cm³/mol. The summed E-state index contributed by atoms with van der Waals surface area (Å²) >= 11 is 1.91. The van der Waals surface area contributed by atoms with E-state index in [0.29, 0.717) is 12.2 Å². The zero-order valence-electron chi connectivity index (χ0n) is 10.8. The highest BCUT2D eigenvalue weighted by atomic mass is 32.2. The van der Waals surface area contributed by atoms with Gasteiger partial charge in [0.2, 0.25) is 5.91 Å². The molecule has 0 atom stereocenters. The van der Waals surface area contributed by atoms with Gasteiger partial charge in [-0.1, -0.05) is 5.21 Å². The first-order valence-electron chi connectivity index (χ1n) is 6.01. The van der Waals surface area contributed by atoms with Crippen LogP contribution in [0.2, 0.25) is 0 Å². The quantitative estimate of drug-likeness (QED) is 0.841. The van der Waals surface area contributed by atoms with E-state index < -0.39 is 0 Å². The maximum absolute atomic E-state index is 12.1. The van der Waals surface area contributed by atoms with Gasteiger partial charge in [-0.2, -0.15) is 11.8 Å². The molecule has 2 heterocycles. The second-order valence-corrected chi connectivity index (χ2v) is 6.84. The van der Waals surface area contributed by atoms with E-state index in [4.69, 9.17) is 5.73 Å². The SMILES string of the molecule is CC1(C)CN(C(=O)Cn2cc(CN)nn2)CCS1. The van der Waals surface area contributed by atoms with Crippen molar-refractivity contribution >= 4 is 17.7 Å². The van der Waals surface area contributed by atoms with E-state index in [2.05, 4.69) is 24.2 Å². The van der Waals surface area contributed by atoms with E-state index in [9.17, 15) is 4.79 Å². The third-order valence-electron chi connectivity index (χ3n) is 2.87. The van der Waals surface area contributed by atoms with Crippen LogP contribution in [-0.2, 0) is 17.9 Å². The second-order valence-electron chi connectivity index (χ2n) is 5.04. The number of hydrogen-bond acceptors (Lipinski definition) is 5. The molecule has 1 aliphatic heterocycles. The van der Waals surface area contributed by atoms with Gasteiger partial charge in [-0.05, 0) is 13.8 Å². The molecule has 1 aromatic heterocycles. The Bertz CT molecular complexity index is 431. The molecule has 0 unspecified atom stereocenters. The molecule has 1 saturated heterocycles. The van der Waals surface area contributed by atoms with Crippen LogP contribution in [0.5, 0.6) is 0 Å². The summed E-state index contributed by atoms with van der Waals surface area (Å²) in [6, 6.07) is 0. The number of nitrogens with two attached hydrogens (primary N) is 1. The number of nitrogens with zero attached hydrogens (tertiary/aromatic N) is 4. The minimum atomic E-state index is 0.0943. The topological polar surface area (TPSA) is 77.0 Å². The molecule has 7 heteroatoms. The highest BCUT2D eigenvalue weighted by molar-refractivity contribution is 8.00. The van der Waals surface area contributed by atoms with E-state index in [1.165, 1.54) is 0 Å². The molecular weight excluding hydrogens is 250 g/mol. The Morgan fingerprint density at radius 2 is 2.39 bits per heavy atom. The molecule has 2 rings (SSSR count). The van der Waals surface area contributed by atoms with Gasteiger partial charge in [-0.25, -0.2) is 4.68 Å². The predicted octanol–water partition coefficient (Wildman–Crippen LogP) is 0.0908. The monoisotopic (exact) mass is 269 g/mol. The van der Waals surface area contributed by atoms with Crippen LogP contribution in [-0.4, -0.2) is 49.4 Å². The van der Waals surface area contributed by atoms with Crippen molar-refractivity contribution in [1.82, 2.24) is 19.9 Å². The summed E-state index contributed by atoms with van der Waals surface area (Å²) in [5, 5.41) is 7.77. The van der Waals surface area contributed by atoms with Crippen LogP contribution in [0.15, 0.2) is 6.20 Å². The van der Waals surface area contributed by atoms with Crippen molar-refractivity contribution in [1.29, 1.82) is 0 Å². The molecule has 0 aliphatic carbocycles. The Morgan fingerprint density at radius 1 is 1.61 bits per heavy atom. The summed E-state index contributed by atoms with van der Waals surface area (Å²) in [6.07, 6.45) is 1.72. The molecule has 0 bridgehead atoms. The summed E-state index contributed by atoms with van der Waals surface area (Å²) in [7, 11) is 0. The first-order chi connectivity index (χ1) is 8.50. The second kappa shape index (κ2) is 5.27. The van der Waals surface area contributed by atoms with Gasteiger partial charge in [-0.15, -0.1) is 5.10 Å². The average Bonchev–Trinajstić information content (AvgIpc) is 2.75. The molecule has 0 aromatic carbocycles. The number of carbonyl (C=O) groups is 1. The van der Waals surface area contributed by atoms with Crippen LogP contribution >= 0.6 is 11.8 Å². The van der Waals surface area contributed by atoms with Crippen LogP contribution < -0.4 is 5.73 Å². The Kier molecular flexibility index (Phi) is 3.91. The van der Waals surface area contributed by atoms with Gasteiger partial charge >= 0.3 is 0 Å². The van der Waals surface area contributed by atoms with Crippen molar-refractivity contribution in [3.8, 4) is 0 Å². The first-order valence-corrected chi connectivity index (χ1v) is 6.99. The van der Waals surface area contributed by atoms with Crippen molar-refractivity contribution in [3.05, 3.63) is 11.9 Å². The minimum absolute atomic E-state index is 0.0943. The van der Waals surface area contributed by atoms with Crippen molar-refractivity contribution in [3.63, 3.8) is 0 Å². The lowest BCUT2D eigenvalue weighted by molar-refractivity contribution is -0.132. The maximum Gasteiger partial charge on any atom is 0.244 e. The fourth-order valence-electron chi connectivity index (χ4n) is 1.98. The maximum atomic E-state index is 12.1. The molecular formula is C11H19N5OS. The number of hydrogen-bond donors (Lipinski definition) is 1. The molecule has 1 aliphatic rings. The summed E-state index contributed by atoms with van der Waals surface area (Å²) in [5.74, 6) is 1.08. The van der Waals surface area contributed by atoms with Crippen molar-refractivity contribution < 1.29 is 4.79 Å². The molecule has 2 N–H and O–H groups in total. The lowest BCUT2D eigenvalue weighted by atomic mass is 10.2. The smallest absolute Gasteiger partial charge is 0.244 e. The van der Waals surface area contributed by atoms with Crippen molar-refractivity contribution in [2.24, 2.45) is 5.73 Å². The average molecular weight is 269 g/mol. The van der Waals surface area contributed by atoms with Gasteiger partial charge in [-0.3, -0.25) is 4.79 Å². The van der Waals surface area contributed by atoms with E-state index in [0.717, 1.165) is 18.8 Å². The normalized spacial score (nSPS) is 18.9. The van der Waals surface area contributed by atoms with Crippen molar-refractivity contribution in [2.75, 3.05) is 18.8 Å². The lowest BCUT2D eigenvalue weighted by Gasteiger charge is -2.37. The number of thioether (sulfide) groups is 1. The van der Waals surface area contributed by atoms with E-state index >= 15 is 0 Å². The number of amides is 1. The van der Waals surface area contributed by atoms with Gasteiger partial charge in [0.1, 0.15) is 6.54 Å². The number of rotatable bonds is 3. The molecule has 100 valence electrons. The summed E-state index contributed by atoms with van der Waals surface area (Å²) in [5.41, 5.74) is 6.16. The molecule has 18 heavy (non-hydrogen) atoms. The summed E-state index contributed by atoms with van der Waals surface area (Å²) in [4.78, 5) is 14.1. The van der Waals surface area contributed by atoms with E-state index in [1.807, 2.05) is 16.7 Å². The van der Waals surface area contributed by atoms with Gasteiger partial charge in [0.15, 0.2) is 0 Å². The highest BCUT2D eigenvalue weighted by Crippen LogP contribution is 2.29. The molecule has 1 fully saturated rings. The Balaban J connectivity index is 1.95. The lowest BCUT2D eigenvalue weighted by Crippen LogP contribution is -2.47. The number of carbonyl (C=O) groups excluding carboxylic acids is 1. The van der Waals surface area contributed by atoms with Crippen LogP contribution in [0.25, 0.3) is 0 Å². The molecule has 0 radical (unpaired) electrons. The first kappa shape index (κ1) is 13.4. The van der Waals surface area contributed by atoms with E-state index in [-0.39, 0.29) is 17.2 Å². The molecule has 0 saturated carbocycles. The zero-order valence-corrected chi connectivity index (χ0v) is 11.6. The standard InChI is InChI=1S/C11H19N5OS/c1-11(2)8-15(3-4-18-11)10(17)7-16-6-9(5-12)13-14-16/h6H,3-5,7-8,12H2,1-2H3. The molecule has 1 amide bonds. The molecule has 0 spiro atoms. The Morgan fingerprint density at radius 3 is 3.00 bits per heavy atom. The Hall–Kier alpha value is -1.08.